The van der Waals surface area contributed by atoms with Gasteiger partial charge in [-0.3, -0.25) is 9.59 Å². The van der Waals surface area contributed by atoms with E-state index >= 15 is 0 Å². The molecule has 0 saturated carbocycles. The van der Waals surface area contributed by atoms with Gasteiger partial charge in [0.1, 0.15) is 5.75 Å². The maximum absolute atomic E-state index is 13.9. The SMILES string of the molecule is C=CC(=O)Nc1ccc(O)c(C(=O)N2CCN(c3ncccc3F)CC2)c1. The quantitative estimate of drug-likeness (QED) is 0.635. The Bertz CT molecular complexity index is 879. The minimum Gasteiger partial charge on any atom is -0.507 e. The van der Waals surface area contributed by atoms with E-state index in [2.05, 4.69) is 16.9 Å². The molecule has 8 heteroatoms. The number of phenols is 1. The number of nitrogens with one attached hydrogen (secondary N) is 1. The van der Waals surface area contributed by atoms with Gasteiger partial charge in [-0.05, 0) is 36.4 Å². The number of rotatable bonds is 4. The summed E-state index contributed by atoms with van der Waals surface area (Å²) < 4.78 is 13.9. The third-order valence-corrected chi connectivity index (χ3v) is 4.29. The molecule has 27 heavy (non-hydrogen) atoms. The van der Waals surface area contributed by atoms with Crippen LogP contribution in [0.15, 0.2) is 49.2 Å². The van der Waals surface area contributed by atoms with Crippen LogP contribution in [0.25, 0.3) is 0 Å². The molecule has 140 valence electrons. The van der Waals surface area contributed by atoms with Crippen molar-refractivity contribution in [1.29, 1.82) is 0 Å². The fraction of sp³-hybridized carbons (Fsp3) is 0.211. The number of carbonyl (C=O) groups excluding carboxylic acids is 2. The number of aromatic hydroxyl groups is 1. The van der Waals surface area contributed by atoms with Crippen LogP contribution in [-0.4, -0.2) is 53.0 Å². The van der Waals surface area contributed by atoms with Gasteiger partial charge in [-0.15, -0.1) is 0 Å². The number of amides is 2. The van der Waals surface area contributed by atoms with Crippen LogP contribution in [0.5, 0.6) is 5.75 Å². The first kappa shape index (κ1) is 18.4. The zero-order chi connectivity index (χ0) is 19.4. The van der Waals surface area contributed by atoms with Gasteiger partial charge in [0.05, 0.1) is 5.56 Å². The van der Waals surface area contributed by atoms with E-state index in [1.54, 1.807) is 9.80 Å². The van der Waals surface area contributed by atoms with E-state index < -0.39 is 11.7 Å². The first-order valence-corrected chi connectivity index (χ1v) is 8.41. The summed E-state index contributed by atoms with van der Waals surface area (Å²) in [7, 11) is 0. The van der Waals surface area contributed by atoms with Gasteiger partial charge in [0.15, 0.2) is 11.6 Å². The minimum atomic E-state index is -0.412. The number of piperazine rings is 1. The van der Waals surface area contributed by atoms with Crippen molar-refractivity contribution in [3.63, 3.8) is 0 Å². The summed E-state index contributed by atoms with van der Waals surface area (Å²) >= 11 is 0. The summed E-state index contributed by atoms with van der Waals surface area (Å²) in [4.78, 5) is 31.6. The Labute approximate surface area is 155 Å². The monoisotopic (exact) mass is 370 g/mol. The second kappa shape index (κ2) is 7.86. The van der Waals surface area contributed by atoms with E-state index in [1.165, 1.54) is 36.5 Å². The van der Waals surface area contributed by atoms with Crippen molar-refractivity contribution in [2.45, 2.75) is 0 Å². The predicted octanol–water partition coefficient (Wildman–Crippen LogP) is 2.01. The Morgan fingerprint density at radius 3 is 2.63 bits per heavy atom. The molecule has 2 N–H and O–H groups in total. The Balaban J connectivity index is 1.70. The number of anilines is 2. The Morgan fingerprint density at radius 2 is 1.96 bits per heavy atom. The predicted molar refractivity (Wildman–Crippen MR) is 99.2 cm³/mol. The smallest absolute Gasteiger partial charge is 0.257 e. The molecule has 0 spiro atoms. The number of pyridine rings is 1. The lowest BCUT2D eigenvalue weighted by atomic mass is 10.1. The molecule has 1 aromatic heterocycles. The van der Waals surface area contributed by atoms with Crippen molar-refractivity contribution in [2.75, 3.05) is 36.4 Å². The van der Waals surface area contributed by atoms with Gasteiger partial charge in [-0.2, -0.15) is 0 Å². The van der Waals surface area contributed by atoms with Gasteiger partial charge in [0, 0.05) is 38.1 Å². The molecule has 0 radical (unpaired) electrons. The third-order valence-electron chi connectivity index (χ3n) is 4.29. The molecule has 0 unspecified atom stereocenters. The van der Waals surface area contributed by atoms with Crippen molar-refractivity contribution >= 4 is 23.3 Å². The molecule has 1 fully saturated rings. The number of nitrogens with zero attached hydrogens (tertiary/aromatic N) is 3. The summed E-state index contributed by atoms with van der Waals surface area (Å²) in [5.41, 5.74) is 0.476. The third kappa shape index (κ3) is 4.05. The largest absolute Gasteiger partial charge is 0.507 e. The van der Waals surface area contributed by atoms with E-state index in [0.29, 0.717) is 31.9 Å². The lowest BCUT2D eigenvalue weighted by Gasteiger charge is -2.35. The molecule has 1 saturated heterocycles. The molecule has 1 aromatic carbocycles. The lowest BCUT2D eigenvalue weighted by Crippen LogP contribution is -2.49. The maximum atomic E-state index is 13.9. The van der Waals surface area contributed by atoms with E-state index in [1.807, 2.05) is 0 Å². The van der Waals surface area contributed by atoms with Crippen LogP contribution in [0.1, 0.15) is 10.4 Å². The average molecular weight is 370 g/mol. The highest BCUT2D eigenvalue weighted by Crippen LogP contribution is 2.24. The molecule has 0 bridgehead atoms. The second-order valence-corrected chi connectivity index (χ2v) is 6.01. The van der Waals surface area contributed by atoms with Crippen LogP contribution in [0.2, 0.25) is 0 Å². The molecule has 0 atom stereocenters. The molecule has 2 heterocycles. The summed E-state index contributed by atoms with van der Waals surface area (Å²) in [6, 6.07) is 7.14. The van der Waals surface area contributed by atoms with E-state index in [-0.39, 0.29) is 23.0 Å². The topological polar surface area (TPSA) is 85.8 Å². The highest BCUT2D eigenvalue weighted by molar-refractivity contribution is 6.02. The number of hydrogen-bond donors (Lipinski definition) is 2. The van der Waals surface area contributed by atoms with Crippen LogP contribution in [0.4, 0.5) is 15.9 Å². The zero-order valence-electron chi connectivity index (χ0n) is 14.6. The first-order valence-electron chi connectivity index (χ1n) is 8.41. The standard InChI is InChI=1S/C19H19FN4O3/c1-2-17(26)22-13-5-6-16(25)14(12-13)19(27)24-10-8-23(9-11-24)18-15(20)4-3-7-21-18/h2-7,12,25H,1,8-11H2,(H,22,26). The number of carbonyl (C=O) groups is 2. The molecular weight excluding hydrogens is 351 g/mol. The molecule has 2 aromatic rings. The van der Waals surface area contributed by atoms with Crippen LogP contribution in [-0.2, 0) is 4.79 Å². The minimum absolute atomic E-state index is 0.0920. The summed E-state index contributed by atoms with van der Waals surface area (Å²) in [5, 5.41) is 12.6. The Kier molecular flexibility index (Phi) is 5.35. The maximum Gasteiger partial charge on any atom is 0.257 e. The van der Waals surface area contributed by atoms with Crippen molar-refractivity contribution < 1.29 is 19.1 Å². The summed E-state index contributed by atoms with van der Waals surface area (Å²) in [6.07, 6.45) is 2.64. The van der Waals surface area contributed by atoms with Crippen LogP contribution in [0, 0.1) is 5.82 Å². The van der Waals surface area contributed by atoms with Gasteiger partial charge in [-0.25, -0.2) is 9.37 Å². The fourth-order valence-corrected chi connectivity index (χ4v) is 2.88. The lowest BCUT2D eigenvalue weighted by molar-refractivity contribution is -0.111. The molecule has 0 aliphatic carbocycles. The van der Waals surface area contributed by atoms with Crippen LogP contribution < -0.4 is 10.2 Å². The number of halogens is 1. The van der Waals surface area contributed by atoms with Gasteiger partial charge < -0.3 is 20.2 Å². The first-order chi connectivity index (χ1) is 13.0. The number of benzene rings is 1. The van der Waals surface area contributed by atoms with E-state index in [4.69, 9.17) is 0 Å². The van der Waals surface area contributed by atoms with Crippen molar-refractivity contribution in [1.82, 2.24) is 9.88 Å². The number of hydrogen-bond acceptors (Lipinski definition) is 5. The number of aromatic nitrogens is 1. The highest BCUT2D eigenvalue weighted by atomic mass is 19.1. The second-order valence-electron chi connectivity index (χ2n) is 6.01. The Morgan fingerprint density at radius 1 is 1.22 bits per heavy atom. The molecular formula is C19H19FN4O3. The van der Waals surface area contributed by atoms with Gasteiger partial charge in [0.25, 0.3) is 5.91 Å². The van der Waals surface area contributed by atoms with Gasteiger partial charge >= 0.3 is 0 Å². The summed E-state index contributed by atoms with van der Waals surface area (Å²) in [5.74, 6) is -1.08. The normalized spacial score (nSPS) is 14.0. The summed E-state index contributed by atoms with van der Waals surface area (Å²) in [6.45, 7) is 4.94. The van der Waals surface area contributed by atoms with Gasteiger partial charge in [0.2, 0.25) is 5.91 Å². The Hall–Kier alpha value is -3.42. The van der Waals surface area contributed by atoms with Crippen LogP contribution in [0.3, 0.4) is 0 Å². The highest BCUT2D eigenvalue weighted by Gasteiger charge is 2.26. The zero-order valence-corrected chi connectivity index (χ0v) is 14.6. The van der Waals surface area contributed by atoms with Crippen molar-refractivity contribution in [3.8, 4) is 5.75 Å². The van der Waals surface area contributed by atoms with E-state index in [9.17, 15) is 19.1 Å². The van der Waals surface area contributed by atoms with Gasteiger partial charge in [-0.1, -0.05) is 6.58 Å². The van der Waals surface area contributed by atoms with Crippen molar-refractivity contribution in [2.24, 2.45) is 0 Å². The van der Waals surface area contributed by atoms with E-state index in [0.717, 1.165) is 6.08 Å². The molecule has 1 aliphatic heterocycles. The van der Waals surface area contributed by atoms with Crippen molar-refractivity contribution in [3.05, 3.63) is 60.6 Å². The molecule has 1 aliphatic rings. The number of phenolic OH excluding ortho intramolecular Hbond substituents is 1. The molecule has 2 amide bonds. The van der Waals surface area contributed by atoms with Crippen LogP contribution >= 0.6 is 0 Å². The molecule has 3 rings (SSSR count). The molecule has 7 nitrogen and oxygen atoms in total. The average Bonchev–Trinajstić information content (AvgIpc) is 2.69. The fourth-order valence-electron chi connectivity index (χ4n) is 2.88.